The van der Waals surface area contributed by atoms with Gasteiger partial charge in [-0.15, -0.1) is 10.2 Å². The van der Waals surface area contributed by atoms with E-state index in [1.54, 1.807) is 0 Å². The van der Waals surface area contributed by atoms with Crippen LogP contribution in [0.3, 0.4) is 0 Å². The quantitative estimate of drug-likeness (QED) is 0.674. The predicted molar refractivity (Wildman–Crippen MR) is 86.9 cm³/mol. The van der Waals surface area contributed by atoms with E-state index < -0.39 is 10.8 Å². The minimum Gasteiger partial charge on any atom is -0.345 e. The molecule has 1 aliphatic rings. The molecular formula is C15H16ClN5O3. The number of hydrogen-bond donors (Lipinski definition) is 1. The molecule has 9 heteroatoms. The van der Waals surface area contributed by atoms with E-state index in [0.29, 0.717) is 5.82 Å². The minimum atomic E-state index is -0.564. The van der Waals surface area contributed by atoms with E-state index in [2.05, 4.69) is 15.5 Å². The Labute approximate surface area is 143 Å². The molecule has 2 heterocycles. The van der Waals surface area contributed by atoms with Crippen LogP contribution in [-0.4, -0.2) is 25.6 Å². The van der Waals surface area contributed by atoms with Crippen molar-refractivity contribution in [2.45, 2.75) is 38.8 Å². The second kappa shape index (κ2) is 6.96. The van der Waals surface area contributed by atoms with Gasteiger partial charge in [-0.3, -0.25) is 14.9 Å². The number of carbonyl (C=O) groups excluding carboxylic acids is 1. The van der Waals surface area contributed by atoms with Crippen molar-refractivity contribution in [2.24, 2.45) is 0 Å². The van der Waals surface area contributed by atoms with Gasteiger partial charge in [0.2, 0.25) is 0 Å². The van der Waals surface area contributed by atoms with E-state index in [9.17, 15) is 14.9 Å². The zero-order chi connectivity index (χ0) is 17.1. The Morgan fingerprint density at radius 3 is 2.96 bits per heavy atom. The number of amides is 1. The van der Waals surface area contributed by atoms with Gasteiger partial charge in [0, 0.05) is 25.1 Å². The maximum atomic E-state index is 12.3. The molecule has 0 bridgehead atoms. The number of halogens is 1. The first-order valence-corrected chi connectivity index (χ1v) is 8.07. The summed E-state index contributed by atoms with van der Waals surface area (Å²) in [6.45, 7) is 1.04. The van der Waals surface area contributed by atoms with E-state index in [1.807, 2.05) is 4.57 Å². The van der Waals surface area contributed by atoms with Crippen LogP contribution in [0.1, 0.15) is 41.3 Å². The van der Waals surface area contributed by atoms with Crippen LogP contribution in [0, 0.1) is 10.1 Å². The van der Waals surface area contributed by atoms with E-state index >= 15 is 0 Å². The molecule has 1 N–H and O–H groups in total. The molecule has 1 aromatic heterocycles. The summed E-state index contributed by atoms with van der Waals surface area (Å²) in [5.74, 6) is 1.14. The van der Waals surface area contributed by atoms with E-state index in [1.165, 1.54) is 18.2 Å². The van der Waals surface area contributed by atoms with Crippen molar-refractivity contribution < 1.29 is 9.72 Å². The van der Waals surface area contributed by atoms with Gasteiger partial charge in [-0.2, -0.15) is 0 Å². The predicted octanol–water partition coefficient (Wildman–Crippen LogP) is 2.50. The van der Waals surface area contributed by atoms with Gasteiger partial charge in [0.15, 0.2) is 5.82 Å². The van der Waals surface area contributed by atoms with Crippen LogP contribution in [-0.2, 0) is 19.5 Å². The average Bonchev–Trinajstić information content (AvgIpc) is 2.79. The zero-order valence-corrected chi connectivity index (χ0v) is 13.6. The Bertz CT molecular complexity index is 789. The largest absolute Gasteiger partial charge is 0.345 e. The van der Waals surface area contributed by atoms with Crippen LogP contribution in [0.4, 0.5) is 5.69 Å². The number of benzene rings is 1. The fourth-order valence-corrected chi connectivity index (χ4v) is 2.93. The van der Waals surface area contributed by atoms with E-state index in [0.717, 1.165) is 38.1 Å². The number of aryl methyl sites for hydroxylation is 1. The minimum absolute atomic E-state index is 0.0708. The highest BCUT2D eigenvalue weighted by Crippen LogP contribution is 2.22. The molecule has 1 aliphatic heterocycles. The summed E-state index contributed by atoms with van der Waals surface area (Å²) in [5, 5.41) is 22.0. The van der Waals surface area contributed by atoms with Crippen molar-refractivity contribution in [3.63, 3.8) is 0 Å². The number of rotatable bonds is 4. The molecule has 8 nitrogen and oxygen atoms in total. The molecule has 0 atom stereocenters. The smallest absolute Gasteiger partial charge is 0.270 e. The number of fused-ring (bicyclic) bond motifs is 1. The number of carbonyl (C=O) groups is 1. The standard InChI is InChI=1S/C15H16ClN5O3/c16-12-6-5-10(21(23)24)8-11(12)15(22)17-9-14-19-18-13-4-2-1-3-7-20(13)14/h5-6,8H,1-4,7,9H2,(H,17,22). The Balaban J connectivity index is 1.73. The van der Waals surface area contributed by atoms with Crippen LogP contribution < -0.4 is 5.32 Å². The molecular weight excluding hydrogens is 334 g/mol. The third-order valence-corrected chi connectivity index (χ3v) is 4.33. The molecule has 2 aromatic rings. The van der Waals surface area contributed by atoms with E-state index in [4.69, 9.17) is 11.6 Å². The summed E-state index contributed by atoms with van der Waals surface area (Å²) in [6, 6.07) is 3.78. The van der Waals surface area contributed by atoms with Gasteiger partial charge in [-0.05, 0) is 18.9 Å². The Morgan fingerprint density at radius 2 is 2.17 bits per heavy atom. The molecule has 0 saturated heterocycles. The molecule has 0 radical (unpaired) electrons. The molecule has 3 rings (SSSR count). The second-order valence-corrected chi connectivity index (χ2v) is 6.01. The SMILES string of the molecule is O=C(NCc1nnc2n1CCCCC2)c1cc([N+](=O)[O-])ccc1Cl. The lowest BCUT2D eigenvalue weighted by atomic mass is 10.2. The fourth-order valence-electron chi connectivity index (χ4n) is 2.73. The number of nitro benzene ring substituents is 1. The fraction of sp³-hybridized carbons (Fsp3) is 0.400. The summed E-state index contributed by atoms with van der Waals surface area (Å²) in [4.78, 5) is 22.6. The molecule has 24 heavy (non-hydrogen) atoms. The molecule has 1 aromatic carbocycles. The van der Waals surface area contributed by atoms with Gasteiger partial charge in [0.1, 0.15) is 5.82 Å². The average molecular weight is 350 g/mol. The molecule has 0 saturated carbocycles. The summed E-state index contributed by atoms with van der Waals surface area (Å²) in [7, 11) is 0. The van der Waals surface area contributed by atoms with Crippen LogP contribution in [0.15, 0.2) is 18.2 Å². The van der Waals surface area contributed by atoms with Crippen molar-refractivity contribution in [2.75, 3.05) is 0 Å². The summed E-state index contributed by atoms with van der Waals surface area (Å²) in [5.41, 5.74) is -0.109. The molecule has 0 spiro atoms. The van der Waals surface area contributed by atoms with Gasteiger partial charge in [-0.25, -0.2) is 0 Å². The van der Waals surface area contributed by atoms with Crippen molar-refractivity contribution >= 4 is 23.2 Å². The number of nitrogens with zero attached hydrogens (tertiary/aromatic N) is 4. The van der Waals surface area contributed by atoms with Crippen LogP contribution in [0.5, 0.6) is 0 Å². The first-order chi connectivity index (χ1) is 11.6. The van der Waals surface area contributed by atoms with Crippen molar-refractivity contribution in [1.29, 1.82) is 0 Å². The molecule has 126 valence electrons. The number of non-ortho nitro benzene ring substituents is 1. The number of nitro groups is 1. The molecule has 0 unspecified atom stereocenters. The third-order valence-electron chi connectivity index (χ3n) is 4.00. The van der Waals surface area contributed by atoms with Gasteiger partial charge in [0.25, 0.3) is 11.6 Å². The normalized spacial score (nSPS) is 13.9. The first-order valence-electron chi connectivity index (χ1n) is 7.69. The maximum absolute atomic E-state index is 12.3. The first kappa shape index (κ1) is 16.4. The van der Waals surface area contributed by atoms with Crippen LogP contribution in [0.25, 0.3) is 0 Å². The highest BCUT2D eigenvalue weighted by Gasteiger charge is 2.18. The second-order valence-electron chi connectivity index (χ2n) is 5.60. The van der Waals surface area contributed by atoms with Crippen LogP contribution >= 0.6 is 11.6 Å². The Morgan fingerprint density at radius 1 is 1.33 bits per heavy atom. The maximum Gasteiger partial charge on any atom is 0.270 e. The highest BCUT2D eigenvalue weighted by molar-refractivity contribution is 6.33. The van der Waals surface area contributed by atoms with Crippen molar-refractivity contribution in [3.8, 4) is 0 Å². The van der Waals surface area contributed by atoms with Crippen molar-refractivity contribution in [1.82, 2.24) is 20.1 Å². The Kier molecular flexibility index (Phi) is 4.75. The lowest BCUT2D eigenvalue weighted by Crippen LogP contribution is -2.25. The molecule has 0 aliphatic carbocycles. The zero-order valence-electron chi connectivity index (χ0n) is 12.9. The number of aromatic nitrogens is 3. The van der Waals surface area contributed by atoms with Gasteiger partial charge in [0.05, 0.1) is 22.1 Å². The Hall–Kier alpha value is -2.48. The lowest BCUT2D eigenvalue weighted by Gasteiger charge is -2.09. The summed E-state index contributed by atoms with van der Waals surface area (Å²) in [6.07, 6.45) is 4.19. The summed E-state index contributed by atoms with van der Waals surface area (Å²) < 4.78 is 2.03. The van der Waals surface area contributed by atoms with Gasteiger partial charge in [-0.1, -0.05) is 18.0 Å². The summed E-state index contributed by atoms with van der Waals surface area (Å²) >= 11 is 5.98. The molecule has 1 amide bonds. The van der Waals surface area contributed by atoms with E-state index in [-0.39, 0.29) is 22.8 Å². The number of nitrogens with one attached hydrogen (secondary N) is 1. The lowest BCUT2D eigenvalue weighted by molar-refractivity contribution is -0.384. The van der Waals surface area contributed by atoms with Gasteiger partial charge >= 0.3 is 0 Å². The van der Waals surface area contributed by atoms with Crippen LogP contribution in [0.2, 0.25) is 5.02 Å². The number of hydrogen-bond acceptors (Lipinski definition) is 5. The van der Waals surface area contributed by atoms with Gasteiger partial charge < -0.3 is 9.88 Å². The molecule has 0 fully saturated rings. The monoisotopic (exact) mass is 349 g/mol. The third kappa shape index (κ3) is 3.38. The van der Waals surface area contributed by atoms with Crippen molar-refractivity contribution in [3.05, 3.63) is 50.5 Å². The topological polar surface area (TPSA) is 103 Å². The highest BCUT2D eigenvalue weighted by atomic mass is 35.5.